The highest BCUT2D eigenvalue weighted by atomic mass is 16.5. The van der Waals surface area contributed by atoms with Crippen molar-refractivity contribution in [3.63, 3.8) is 0 Å². The zero-order valence-corrected chi connectivity index (χ0v) is 12.3. The van der Waals surface area contributed by atoms with Crippen LogP contribution in [0.2, 0.25) is 0 Å². The molecule has 0 bridgehead atoms. The number of unbranched alkanes of at least 4 members (excludes halogenated alkanes) is 1. The molecule has 1 saturated heterocycles. The monoisotopic (exact) mass is 256 g/mol. The predicted octanol–water partition coefficient (Wildman–Crippen LogP) is 1.60. The standard InChI is InChI=1S/C14H28N2O2/c1-5-6-7-13(14(17)18-4)16(3)11-12-8-9-15(2)10-12/h12-13H,5-11H2,1-4H3. The van der Waals surface area contributed by atoms with Gasteiger partial charge in [-0.05, 0) is 39.4 Å². The van der Waals surface area contributed by atoms with Gasteiger partial charge in [-0.2, -0.15) is 0 Å². The van der Waals surface area contributed by atoms with E-state index in [2.05, 4.69) is 30.8 Å². The highest BCUT2D eigenvalue weighted by Gasteiger charge is 2.27. The maximum absolute atomic E-state index is 11.8. The molecular formula is C14H28N2O2. The van der Waals surface area contributed by atoms with Gasteiger partial charge in [0.05, 0.1) is 7.11 Å². The number of nitrogens with zero attached hydrogens (tertiary/aromatic N) is 2. The molecule has 2 unspecified atom stereocenters. The molecule has 1 aliphatic rings. The van der Waals surface area contributed by atoms with Crippen molar-refractivity contribution in [1.29, 1.82) is 0 Å². The third-order valence-corrected chi connectivity index (χ3v) is 3.87. The third-order valence-electron chi connectivity index (χ3n) is 3.87. The summed E-state index contributed by atoms with van der Waals surface area (Å²) >= 11 is 0. The molecule has 0 aromatic rings. The van der Waals surface area contributed by atoms with Gasteiger partial charge in [-0.15, -0.1) is 0 Å². The van der Waals surface area contributed by atoms with E-state index in [9.17, 15) is 4.79 Å². The Hall–Kier alpha value is -0.610. The molecule has 1 rings (SSSR count). The summed E-state index contributed by atoms with van der Waals surface area (Å²) in [5.41, 5.74) is 0. The number of carbonyl (C=O) groups is 1. The number of methoxy groups -OCH3 is 1. The van der Waals surface area contributed by atoms with Crippen LogP contribution in [0, 0.1) is 5.92 Å². The Morgan fingerprint density at radius 2 is 2.28 bits per heavy atom. The van der Waals surface area contributed by atoms with Gasteiger partial charge in [-0.3, -0.25) is 9.69 Å². The number of esters is 1. The zero-order valence-electron chi connectivity index (χ0n) is 12.3. The van der Waals surface area contributed by atoms with Gasteiger partial charge in [0.2, 0.25) is 0 Å². The zero-order chi connectivity index (χ0) is 13.5. The first-order chi connectivity index (χ1) is 8.58. The summed E-state index contributed by atoms with van der Waals surface area (Å²) in [4.78, 5) is 16.4. The Morgan fingerprint density at radius 1 is 1.56 bits per heavy atom. The summed E-state index contributed by atoms with van der Waals surface area (Å²) in [6.45, 7) is 5.47. The molecule has 106 valence electrons. The molecule has 4 nitrogen and oxygen atoms in total. The number of likely N-dealkylation sites (N-methyl/N-ethyl adjacent to an activating group) is 1. The van der Waals surface area contributed by atoms with Crippen LogP contribution < -0.4 is 0 Å². The van der Waals surface area contributed by atoms with Crippen LogP contribution >= 0.6 is 0 Å². The van der Waals surface area contributed by atoms with E-state index < -0.39 is 0 Å². The van der Waals surface area contributed by atoms with Gasteiger partial charge in [0.1, 0.15) is 6.04 Å². The smallest absolute Gasteiger partial charge is 0.323 e. The number of hydrogen-bond acceptors (Lipinski definition) is 4. The molecule has 4 heteroatoms. The summed E-state index contributed by atoms with van der Waals surface area (Å²) < 4.78 is 4.93. The van der Waals surface area contributed by atoms with Crippen LogP contribution in [0.1, 0.15) is 32.6 Å². The minimum atomic E-state index is -0.0858. The molecule has 0 aliphatic carbocycles. The second-order valence-electron chi connectivity index (χ2n) is 5.54. The Labute approximate surface area is 111 Å². The first-order valence-corrected chi connectivity index (χ1v) is 7.05. The Kier molecular flexibility index (Phi) is 6.65. The van der Waals surface area contributed by atoms with Crippen molar-refractivity contribution in [3.05, 3.63) is 0 Å². The Bertz CT molecular complexity index is 258. The maximum Gasteiger partial charge on any atom is 0.323 e. The molecule has 0 aromatic carbocycles. The molecule has 0 radical (unpaired) electrons. The molecule has 0 aromatic heterocycles. The fraction of sp³-hybridized carbons (Fsp3) is 0.929. The van der Waals surface area contributed by atoms with E-state index in [1.165, 1.54) is 20.1 Å². The SMILES string of the molecule is CCCCC(C(=O)OC)N(C)CC1CCN(C)C1. The van der Waals surface area contributed by atoms with E-state index in [-0.39, 0.29) is 12.0 Å². The fourth-order valence-corrected chi connectivity index (χ4v) is 2.76. The summed E-state index contributed by atoms with van der Waals surface area (Å²) in [5, 5.41) is 0. The molecule has 0 saturated carbocycles. The summed E-state index contributed by atoms with van der Waals surface area (Å²) in [7, 11) is 5.70. The van der Waals surface area contributed by atoms with E-state index in [1.54, 1.807) is 0 Å². The molecule has 0 N–H and O–H groups in total. The van der Waals surface area contributed by atoms with Crippen molar-refractivity contribution >= 4 is 5.97 Å². The lowest BCUT2D eigenvalue weighted by Gasteiger charge is -2.28. The third kappa shape index (κ3) is 4.58. The second kappa shape index (κ2) is 7.74. The van der Waals surface area contributed by atoms with Crippen molar-refractivity contribution in [2.75, 3.05) is 40.8 Å². The van der Waals surface area contributed by atoms with Crippen LogP contribution in [0.15, 0.2) is 0 Å². The number of likely N-dealkylation sites (tertiary alicyclic amines) is 1. The van der Waals surface area contributed by atoms with Crippen molar-refractivity contribution in [1.82, 2.24) is 9.80 Å². The lowest BCUT2D eigenvalue weighted by atomic mass is 10.0. The van der Waals surface area contributed by atoms with Gasteiger partial charge in [-0.25, -0.2) is 0 Å². The van der Waals surface area contributed by atoms with Crippen molar-refractivity contribution in [3.8, 4) is 0 Å². The number of rotatable bonds is 7. The van der Waals surface area contributed by atoms with E-state index >= 15 is 0 Å². The molecule has 18 heavy (non-hydrogen) atoms. The first-order valence-electron chi connectivity index (χ1n) is 7.05. The van der Waals surface area contributed by atoms with Crippen molar-refractivity contribution in [2.45, 2.75) is 38.6 Å². The number of carbonyl (C=O) groups excluding carboxylic acids is 1. The summed E-state index contributed by atoms with van der Waals surface area (Å²) in [5.74, 6) is 0.603. The summed E-state index contributed by atoms with van der Waals surface area (Å²) in [6.07, 6.45) is 4.34. The fourth-order valence-electron chi connectivity index (χ4n) is 2.76. The molecule has 1 heterocycles. The normalized spacial score (nSPS) is 22.4. The van der Waals surface area contributed by atoms with E-state index in [4.69, 9.17) is 4.74 Å². The maximum atomic E-state index is 11.8. The average Bonchev–Trinajstić information content (AvgIpc) is 2.74. The number of hydrogen-bond donors (Lipinski definition) is 0. The first kappa shape index (κ1) is 15.4. The largest absolute Gasteiger partial charge is 0.468 e. The second-order valence-corrected chi connectivity index (χ2v) is 5.54. The van der Waals surface area contributed by atoms with Crippen LogP contribution in [0.5, 0.6) is 0 Å². The Morgan fingerprint density at radius 3 is 2.78 bits per heavy atom. The van der Waals surface area contributed by atoms with Crippen LogP contribution in [0.25, 0.3) is 0 Å². The van der Waals surface area contributed by atoms with Gasteiger partial charge in [0.15, 0.2) is 0 Å². The quantitative estimate of drug-likeness (QED) is 0.648. The van der Waals surface area contributed by atoms with Crippen LogP contribution in [-0.4, -0.2) is 62.7 Å². The summed E-state index contributed by atoms with van der Waals surface area (Å²) in [6, 6.07) is -0.0687. The molecular weight excluding hydrogens is 228 g/mol. The van der Waals surface area contributed by atoms with Gasteiger partial charge in [0.25, 0.3) is 0 Å². The van der Waals surface area contributed by atoms with E-state index in [0.29, 0.717) is 5.92 Å². The van der Waals surface area contributed by atoms with Crippen LogP contribution in [0.4, 0.5) is 0 Å². The van der Waals surface area contributed by atoms with Gasteiger partial charge in [0, 0.05) is 13.1 Å². The van der Waals surface area contributed by atoms with Crippen LogP contribution in [0.3, 0.4) is 0 Å². The topological polar surface area (TPSA) is 32.8 Å². The molecule has 2 atom stereocenters. The lowest BCUT2D eigenvalue weighted by Crippen LogP contribution is -2.42. The van der Waals surface area contributed by atoms with Crippen molar-refractivity contribution in [2.24, 2.45) is 5.92 Å². The minimum absolute atomic E-state index is 0.0687. The van der Waals surface area contributed by atoms with Gasteiger partial charge >= 0.3 is 5.97 Å². The van der Waals surface area contributed by atoms with Gasteiger partial charge < -0.3 is 9.64 Å². The van der Waals surface area contributed by atoms with Crippen molar-refractivity contribution < 1.29 is 9.53 Å². The predicted molar refractivity (Wildman–Crippen MR) is 73.6 cm³/mol. The average molecular weight is 256 g/mol. The Balaban J connectivity index is 2.47. The highest BCUT2D eigenvalue weighted by Crippen LogP contribution is 2.18. The molecule has 0 spiro atoms. The molecule has 1 fully saturated rings. The van der Waals surface area contributed by atoms with E-state index in [1.807, 2.05) is 0 Å². The molecule has 0 amide bonds. The minimum Gasteiger partial charge on any atom is -0.468 e. The van der Waals surface area contributed by atoms with E-state index in [0.717, 1.165) is 32.4 Å². The van der Waals surface area contributed by atoms with Gasteiger partial charge in [-0.1, -0.05) is 19.8 Å². The number of ether oxygens (including phenoxy) is 1. The lowest BCUT2D eigenvalue weighted by molar-refractivity contribution is -0.147. The molecule has 1 aliphatic heterocycles. The highest BCUT2D eigenvalue weighted by molar-refractivity contribution is 5.75. The van der Waals surface area contributed by atoms with Crippen LogP contribution in [-0.2, 0) is 9.53 Å².